The third-order valence-electron chi connectivity index (χ3n) is 2.13. The highest BCUT2D eigenvalue weighted by molar-refractivity contribution is 5.85. The second kappa shape index (κ2) is 5.58. The molecule has 1 aliphatic rings. The monoisotopic (exact) mass is 176 g/mol. The Kier molecular flexibility index (Phi) is 5.56. The number of nitrogens with two attached hydrogens (primary N) is 1. The molecule has 0 bridgehead atoms. The Morgan fingerprint density at radius 2 is 2.36 bits per heavy atom. The second-order valence-corrected chi connectivity index (χ2v) is 2.82. The topological polar surface area (TPSA) is 29.3 Å². The summed E-state index contributed by atoms with van der Waals surface area (Å²) in [7, 11) is 0. The maximum absolute atomic E-state index is 5.58. The zero-order chi connectivity index (χ0) is 7.40. The number of hydrogen-bond acceptors (Lipinski definition) is 2. The normalized spacial score (nSPS) is 24.6. The fourth-order valence-electron chi connectivity index (χ4n) is 1.57. The summed E-state index contributed by atoms with van der Waals surface area (Å²) in [6.45, 7) is 6.71. The Hall–Kier alpha value is -0.0500. The van der Waals surface area contributed by atoms with E-state index in [9.17, 15) is 0 Å². The lowest BCUT2D eigenvalue weighted by Gasteiger charge is -2.20. The van der Waals surface area contributed by atoms with E-state index in [1.54, 1.807) is 0 Å². The van der Waals surface area contributed by atoms with Crippen LogP contribution in [0.25, 0.3) is 0 Å². The molecule has 0 aliphatic carbocycles. The molecule has 0 saturated carbocycles. The van der Waals surface area contributed by atoms with E-state index in [-0.39, 0.29) is 12.4 Å². The number of rotatable bonds is 3. The summed E-state index contributed by atoms with van der Waals surface area (Å²) in [6.07, 6.45) is 4.52. The lowest BCUT2D eigenvalue weighted by molar-refractivity contribution is 0.286. The molecule has 1 heterocycles. The maximum atomic E-state index is 5.58. The van der Waals surface area contributed by atoms with Gasteiger partial charge in [0, 0.05) is 19.1 Å². The fourth-order valence-corrected chi connectivity index (χ4v) is 1.57. The number of halogens is 1. The zero-order valence-corrected chi connectivity index (χ0v) is 7.65. The Labute approximate surface area is 74.9 Å². The van der Waals surface area contributed by atoms with Crippen molar-refractivity contribution in [1.82, 2.24) is 4.90 Å². The van der Waals surface area contributed by atoms with Crippen LogP contribution >= 0.6 is 12.4 Å². The van der Waals surface area contributed by atoms with Crippen LogP contribution in [0.15, 0.2) is 12.7 Å². The van der Waals surface area contributed by atoms with Gasteiger partial charge in [-0.1, -0.05) is 6.08 Å². The van der Waals surface area contributed by atoms with Gasteiger partial charge in [0.25, 0.3) is 0 Å². The first-order chi connectivity index (χ1) is 4.88. The average Bonchev–Trinajstić information content (AvgIpc) is 2.36. The van der Waals surface area contributed by atoms with E-state index in [0.29, 0.717) is 6.04 Å². The Balaban J connectivity index is 0.000001000. The number of likely N-dealkylation sites (tertiary alicyclic amines) is 1. The third kappa shape index (κ3) is 2.81. The van der Waals surface area contributed by atoms with Crippen molar-refractivity contribution in [2.75, 3.05) is 19.6 Å². The van der Waals surface area contributed by atoms with Crippen LogP contribution < -0.4 is 5.73 Å². The Morgan fingerprint density at radius 3 is 2.91 bits per heavy atom. The van der Waals surface area contributed by atoms with Gasteiger partial charge in [0.2, 0.25) is 0 Å². The SMILES string of the molecule is C=CCN1CCC[C@H]1CN.Cl. The molecular weight excluding hydrogens is 160 g/mol. The highest BCUT2D eigenvalue weighted by atomic mass is 35.5. The molecule has 2 nitrogen and oxygen atoms in total. The van der Waals surface area contributed by atoms with E-state index < -0.39 is 0 Å². The summed E-state index contributed by atoms with van der Waals surface area (Å²) in [5.41, 5.74) is 5.58. The van der Waals surface area contributed by atoms with Gasteiger partial charge in [-0.25, -0.2) is 0 Å². The van der Waals surface area contributed by atoms with Gasteiger partial charge in [0.15, 0.2) is 0 Å². The molecule has 11 heavy (non-hydrogen) atoms. The van der Waals surface area contributed by atoms with Crippen molar-refractivity contribution in [1.29, 1.82) is 0 Å². The highest BCUT2D eigenvalue weighted by Gasteiger charge is 2.20. The van der Waals surface area contributed by atoms with Crippen LogP contribution in [0.5, 0.6) is 0 Å². The Morgan fingerprint density at radius 1 is 1.64 bits per heavy atom. The minimum atomic E-state index is 0. The van der Waals surface area contributed by atoms with E-state index in [1.807, 2.05) is 6.08 Å². The van der Waals surface area contributed by atoms with Crippen LogP contribution in [0.4, 0.5) is 0 Å². The third-order valence-corrected chi connectivity index (χ3v) is 2.13. The molecule has 1 atom stereocenters. The molecule has 1 rings (SSSR count). The summed E-state index contributed by atoms with van der Waals surface area (Å²) in [6, 6.07) is 0.623. The summed E-state index contributed by atoms with van der Waals surface area (Å²) < 4.78 is 0. The molecule has 0 unspecified atom stereocenters. The summed E-state index contributed by atoms with van der Waals surface area (Å²) in [5.74, 6) is 0. The molecule has 3 heteroatoms. The number of nitrogens with zero attached hydrogens (tertiary/aromatic N) is 1. The van der Waals surface area contributed by atoms with Gasteiger partial charge in [-0.3, -0.25) is 4.90 Å². The second-order valence-electron chi connectivity index (χ2n) is 2.82. The van der Waals surface area contributed by atoms with Crippen LogP contribution in [0.1, 0.15) is 12.8 Å². The van der Waals surface area contributed by atoms with E-state index in [1.165, 1.54) is 19.4 Å². The first kappa shape index (κ1) is 11.0. The van der Waals surface area contributed by atoms with Crippen LogP contribution in [-0.2, 0) is 0 Å². The molecule has 1 saturated heterocycles. The van der Waals surface area contributed by atoms with E-state index >= 15 is 0 Å². The van der Waals surface area contributed by atoms with Crippen molar-refractivity contribution in [2.24, 2.45) is 5.73 Å². The molecule has 66 valence electrons. The average molecular weight is 177 g/mol. The molecule has 0 spiro atoms. The minimum Gasteiger partial charge on any atom is -0.329 e. The lowest BCUT2D eigenvalue weighted by atomic mass is 10.2. The summed E-state index contributed by atoms with van der Waals surface area (Å²) >= 11 is 0. The molecule has 0 amide bonds. The molecule has 0 aromatic carbocycles. The molecule has 0 aromatic heterocycles. The van der Waals surface area contributed by atoms with Crippen molar-refractivity contribution in [3.8, 4) is 0 Å². The van der Waals surface area contributed by atoms with Gasteiger partial charge in [-0.15, -0.1) is 19.0 Å². The molecule has 0 aromatic rings. The van der Waals surface area contributed by atoms with Crippen LogP contribution in [0, 0.1) is 0 Å². The van der Waals surface area contributed by atoms with Crippen molar-refractivity contribution in [3.05, 3.63) is 12.7 Å². The van der Waals surface area contributed by atoms with Crippen molar-refractivity contribution >= 4 is 12.4 Å². The van der Waals surface area contributed by atoms with Crippen molar-refractivity contribution < 1.29 is 0 Å². The lowest BCUT2D eigenvalue weighted by Crippen LogP contribution is -2.35. The van der Waals surface area contributed by atoms with Gasteiger partial charge < -0.3 is 5.73 Å². The largest absolute Gasteiger partial charge is 0.329 e. The van der Waals surface area contributed by atoms with Crippen LogP contribution in [-0.4, -0.2) is 30.6 Å². The van der Waals surface area contributed by atoms with Gasteiger partial charge in [0.1, 0.15) is 0 Å². The molecular formula is C8H17ClN2. The molecule has 1 fully saturated rings. The van der Waals surface area contributed by atoms with Gasteiger partial charge in [-0.05, 0) is 19.4 Å². The zero-order valence-electron chi connectivity index (χ0n) is 6.83. The molecule has 2 N–H and O–H groups in total. The van der Waals surface area contributed by atoms with Crippen molar-refractivity contribution in [3.63, 3.8) is 0 Å². The smallest absolute Gasteiger partial charge is 0.0222 e. The fraction of sp³-hybridized carbons (Fsp3) is 0.750. The first-order valence-corrected chi connectivity index (χ1v) is 3.93. The minimum absolute atomic E-state index is 0. The predicted molar refractivity (Wildman–Crippen MR) is 51.1 cm³/mol. The van der Waals surface area contributed by atoms with Gasteiger partial charge >= 0.3 is 0 Å². The Bertz CT molecular complexity index is 117. The van der Waals surface area contributed by atoms with E-state index in [4.69, 9.17) is 5.73 Å². The summed E-state index contributed by atoms with van der Waals surface area (Å²) in [5, 5.41) is 0. The van der Waals surface area contributed by atoms with E-state index in [2.05, 4.69) is 11.5 Å². The van der Waals surface area contributed by atoms with Crippen molar-refractivity contribution in [2.45, 2.75) is 18.9 Å². The van der Waals surface area contributed by atoms with Crippen LogP contribution in [0.3, 0.4) is 0 Å². The quantitative estimate of drug-likeness (QED) is 0.651. The standard InChI is InChI=1S/C8H16N2.ClH/c1-2-5-10-6-3-4-8(10)7-9;/h2,8H,1,3-7,9H2;1H/t8-;/m0./s1. The van der Waals surface area contributed by atoms with Crippen LogP contribution in [0.2, 0.25) is 0 Å². The summed E-state index contributed by atoms with van der Waals surface area (Å²) in [4.78, 5) is 2.40. The maximum Gasteiger partial charge on any atom is 0.0222 e. The number of hydrogen-bond donors (Lipinski definition) is 1. The molecule has 1 aliphatic heterocycles. The van der Waals surface area contributed by atoms with Gasteiger partial charge in [-0.2, -0.15) is 0 Å². The van der Waals surface area contributed by atoms with Gasteiger partial charge in [0.05, 0.1) is 0 Å². The first-order valence-electron chi connectivity index (χ1n) is 3.93. The highest BCUT2D eigenvalue weighted by Crippen LogP contribution is 2.14. The van der Waals surface area contributed by atoms with E-state index in [0.717, 1.165) is 13.1 Å². The molecule has 0 radical (unpaired) electrons. The predicted octanol–water partition coefficient (Wildman–Crippen LogP) is 1.02.